The molecule has 0 nitrogen and oxygen atoms in total. The van der Waals surface area contributed by atoms with Crippen LogP contribution in [0.15, 0.2) is 0 Å². The topological polar surface area (TPSA) is 0 Å². The molecule has 0 aliphatic carbocycles. The van der Waals surface area contributed by atoms with E-state index in [0.29, 0.717) is 0 Å². The molecule has 0 amide bonds. The van der Waals surface area contributed by atoms with Crippen molar-refractivity contribution in [2.75, 3.05) is 0 Å². The summed E-state index contributed by atoms with van der Waals surface area (Å²) in [4.78, 5) is 0. The number of hydrogen-bond donors (Lipinski definition) is 0. The van der Waals surface area contributed by atoms with Crippen LogP contribution in [-0.2, 0) is 17.4 Å². The predicted octanol–water partition coefficient (Wildman–Crippen LogP) is 1.41. The molecule has 0 saturated carbocycles. The first kappa shape index (κ1) is 8.82. The van der Waals surface area contributed by atoms with Crippen LogP contribution in [0.4, 0.5) is 0 Å². The van der Waals surface area contributed by atoms with Crippen LogP contribution in [0, 0.1) is 0 Å². The molecule has 0 N–H and O–H groups in total. The molecule has 0 fully saturated rings. The molecule has 0 unspecified atom stereocenters. The monoisotopic (exact) mass is 96.0 g/mol. The van der Waals surface area contributed by atoms with Gasteiger partial charge in [-0.05, 0) is 0 Å². The van der Waals surface area contributed by atoms with Crippen molar-refractivity contribution in [1.82, 2.24) is 0 Å². The second-order valence-corrected chi connectivity index (χ2v) is 0.707. The molecule has 4 heavy (non-hydrogen) atoms. The Balaban J connectivity index is 0. The zero-order valence-electron chi connectivity index (χ0n) is 3.12. The second kappa shape index (κ2) is 9.65. The average molecular weight is 96.1 g/mol. The molecule has 26 valence electrons. The largest absolute Gasteiger partial charge is 0.0656 e. The van der Waals surface area contributed by atoms with Gasteiger partial charge in [-0.25, -0.2) is 0 Å². The van der Waals surface area contributed by atoms with Gasteiger partial charge in [0.25, 0.3) is 0 Å². The fourth-order valence-corrected chi connectivity index (χ4v) is 0. The standard InChI is InChI=1S/C3H8.Cr/c1-3-2;/h3H2,1-2H3;. The Labute approximate surface area is 38.3 Å². The third-order valence-electron chi connectivity index (χ3n) is 0. The molecule has 0 atom stereocenters. The van der Waals surface area contributed by atoms with Gasteiger partial charge in [0.15, 0.2) is 0 Å². The van der Waals surface area contributed by atoms with Gasteiger partial charge in [0.1, 0.15) is 0 Å². The summed E-state index contributed by atoms with van der Waals surface area (Å²) < 4.78 is 0. The minimum absolute atomic E-state index is 0. The van der Waals surface area contributed by atoms with Gasteiger partial charge in [-0.15, -0.1) is 0 Å². The van der Waals surface area contributed by atoms with E-state index in [1.807, 2.05) is 0 Å². The third kappa shape index (κ3) is 21.0. The molecule has 0 aromatic rings. The SMILES string of the molecule is CCC.[Cr]. The summed E-state index contributed by atoms with van der Waals surface area (Å²) in [6.45, 7) is 4.25. The van der Waals surface area contributed by atoms with Crippen LogP contribution in [0.5, 0.6) is 0 Å². The summed E-state index contributed by atoms with van der Waals surface area (Å²) in [7, 11) is 0. The van der Waals surface area contributed by atoms with Gasteiger partial charge >= 0.3 is 0 Å². The average Bonchev–Trinajstić information content (AvgIpc) is 0.918. The first-order chi connectivity index (χ1) is 1.41. The van der Waals surface area contributed by atoms with Crippen molar-refractivity contribution in [3.05, 3.63) is 0 Å². The summed E-state index contributed by atoms with van der Waals surface area (Å²) >= 11 is 0. The zero-order valence-corrected chi connectivity index (χ0v) is 4.39. The molecular formula is C3H8Cr. The van der Waals surface area contributed by atoms with Gasteiger partial charge in [-0.1, -0.05) is 20.3 Å². The van der Waals surface area contributed by atoms with Gasteiger partial charge in [0.2, 0.25) is 0 Å². The third-order valence-corrected chi connectivity index (χ3v) is 0. The fraction of sp³-hybridized carbons (Fsp3) is 1.00. The first-order valence-electron chi connectivity index (χ1n) is 1.41. The van der Waals surface area contributed by atoms with Crippen molar-refractivity contribution in [1.29, 1.82) is 0 Å². The van der Waals surface area contributed by atoms with E-state index in [2.05, 4.69) is 13.8 Å². The van der Waals surface area contributed by atoms with E-state index in [4.69, 9.17) is 0 Å². The van der Waals surface area contributed by atoms with Crippen LogP contribution >= 0.6 is 0 Å². The maximum atomic E-state index is 2.12. The van der Waals surface area contributed by atoms with E-state index in [1.54, 1.807) is 0 Å². The second-order valence-electron chi connectivity index (χ2n) is 0.707. The summed E-state index contributed by atoms with van der Waals surface area (Å²) in [5.74, 6) is 0. The Morgan fingerprint density at radius 2 is 1.25 bits per heavy atom. The molecule has 1 heteroatoms. The number of rotatable bonds is 0. The summed E-state index contributed by atoms with van der Waals surface area (Å²) in [6.07, 6.45) is 1.25. The molecule has 0 aliphatic rings. The van der Waals surface area contributed by atoms with Crippen LogP contribution in [0.2, 0.25) is 0 Å². The molecule has 0 aromatic heterocycles. The van der Waals surface area contributed by atoms with E-state index < -0.39 is 0 Å². The van der Waals surface area contributed by atoms with Crippen molar-refractivity contribution in [2.24, 2.45) is 0 Å². The minimum atomic E-state index is 0. The van der Waals surface area contributed by atoms with Gasteiger partial charge in [0, 0.05) is 17.4 Å². The summed E-state index contributed by atoms with van der Waals surface area (Å²) in [5.41, 5.74) is 0. The summed E-state index contributed by atoms with van der Waals surface area (Å²) in [5, 5.41) is 0. The van der Waals surface area contributed by atoms with Crippen LogP contribution in [0.3, 0.4) is 0 Å². The fourth-order valence-electron chi connectivity index (χ4n) is 0. The van der Waals surface area contributed by atoms with Crippen molar-refractivity contribution in [3.8, 4) is 0 Å². The Hall–Kier alpha value is 0.532. The Kier molecular flexibility index (Phi) is 21.3. The van der Waals surface area contributed by atoms with E-state index in [0.717, 1.165) is 0 Å². The first-order valence-corrected chi connectivity index (χ1v) is 1.41. The molecule has 0 bridgehead atoms. The zero-order chi connectivity index (χ0) is 2.71. The van der Waals surface area contributed by atoms with Crippen molar-refractivity contribution in [2.45, 2.75) is 20.3 Å². The van der Waals surface area contributed by atoms with Crippen LogP contribution in [-0.4, -0.2) is 0 Å². The quantitative estimate of drug-likeness (QED) is 0.427. The Bertz CT molecular complexity index is 3.25. The molecule has 0 radical (unpaired) electrons. The van der Waals surface area contributed by atoms with Crippen molar-refractivity contribution in [3.63, 3.8) is 0 Å². The van der Waals surface area contributed by atoms with Gasteiger partial charge < -0.3 is 0 Å². The maximum absolute atomic E-state index is 2.12. The van der Waals surface area contributed by atoms with Crippen LogP contribution < -0.4 is 0 Å². The molecule has 0 aromatic carbocycles. The van der Waals surface area contributed by atoms with E-state index in [9.17, 15) is 0 Å². The molecule has 0 heterocycles. The normalized spacial score (nSPS) is 4.50. The van der Waals surface area contributed by atoms with Gasteiger partial charge in [0.05, 0.1) is 0 Å². The Morgan fingerprint density at radius 3 is 1.25 bits per heavy atom. The van der Waals surface area contributed by atoms with Crippen LogP contribution in [0.1, 0.15) is 20.3 Å². The Morgan fingerprint density at radius 1 is 1.25 bits per heavy atom. The van der Waals surface area contributed by atoms with E-state index >= 15 is 0 Å². The van der Waals surface area contributed by atoms with Gasteiger partial charge in [-0.3, -0.25) is 0 Å². The van der Waals surface area contributed by atoms with Crippen molar-refractivity contribution < 1.29 is 17.4 Å². The van der Waals surface area contributed by atoms with Gasteiger partial charge in [-0.2, -0.15) is 0 Å². The molecule has 0 saturated heterocycles. The smallest absolute Gasteiger partial charge is 0 e. The predicted molar refractivity (Wildman–Crippen MR) is 16.0 cm³/mol. The minimum Gasteiger partial charge on any atom is -0.0656 e. The molecule has 0 spiro atoms. The van der Waals surface area contributed by atoms with Crippen molar-refractivity contribution >= 4 is 0 Å². The number of hydrogen-bond acceptors (Lipinski definition) is 0. The maximum Gasteiger partial charge on any atom is 0 e. The summed E-state index contributed by atoms with van der Waals surface area (Å²) in [6, 6.07) is 0. The molecular weight excluding hydrogens is 88.0 g/mol. The molecule has 0 aliphatic heterocycles. The van der Waals surface area contributed by atoms with E-state index in [1.165, 1.54) is 6.42 Å². The van der Waals surface area contributed by atoms with Crippen LogP contribution in [0.25, 0.3) is 0 Å². The van der Waals surface area contributed by atoms with E-state index in [-0.39, 0.29) is 17.4 Å². The molecule has 0 rings (SSSR count).